The third-order valence-electron chi connectivity index (χ3n) is 4.25. The van der Waals surface area contributed by atoms with Crippen molar-refractivity contribution in [2.45, 2.75) is 38.1 Å². The van der Waals surface area contributed by atoms with E-state index in [-0.39, 0.29) is 22.0 Å². The molecule has 0 heterocycles. The number of benzene rings is 2. The molecule has 0 radical (unpaired) electrons. The van der Waals surface area contributed by atoms with Gasteiger partial charge in [0.05, 0.1) is 9.82 Å². The van der Waals surface area contributed by atoms with Gasteiger partial charge in [0.15, 0.2) is 9.84 Å². The number of nitrogens with zero attached hydrogens (tertiary/aromatic N) is 1. The van der Waals surface area contributed by atoms with Crippen molar-refractivity contribution in [3.63, 3.8) is 0 Å². The SMILES string of the molecule is CC(C)(C)C(Cc1ccccc1)Nc1ccc(S(C)(=O)=O)cc1[N+](=O)[O-]. The first-order chi connectivity index (χ1) is 12.0. The van der Waals surface area contributed by atoms with E-state index >= 15 is 0 Å². The summed E-state index contributed by atoms with van der Waals surface area (Å²) in [6, 6.07) is 13.8. The van der Waals surface area contributed by atoms with Crippen LogP contribution in [0.5, 0.6) is 0 Å². The van der Waals surface area contributed by atoms with Gasteiger partial charge in [-0.3, -0.25) is 10.1 Å². The summed E-state index contributed by atoms with van der Waals surface area (Å²) in [5, 5.41) is 14.7. The largest absolute Gasteiger partial charge is 0.376 e. The molecule has 0 aliphatic heterocycles. The van der Waals surface area contributed by atoms with Gasteiger partial charge in [0.1, 0.15) is 5.69 Å². The number of rotatable bonds is 6. The van der Waals surface area contributed by atoms with Crippen molar-refractivity contribution in [1.29, 1.82) is 0 Å². The van der Waals surface area contributed by atoms with Gasteiger partial charge in [-0.25, -0.2) is 8.42 Å². The minimum absolute atomic E-state index is 0.0647. The second kappa shape index (κ2) is 7.45. The molecule has 1 atom stereocenters. The fourth-order valence-corrected chi connectivity index (χ4v) is 3.27. The van der Waals surface area contributed by atoms with Crippen molar-refractivity contribution >= 4 is 21.2 Å². The Morgan fingerprint density at radius 1 is 1.12 bits per heavy atom. The van der Waals surface area contributed by atoms with Crippen molar-refractivity contribution in [3.05, 3.63) is 64.2 Å². The lowest BCUT2D eigenvalue weighted by atomic mass is 9.83. The molecular formula is C19H24N2O4S. The molecule has 0 bridgehead atoms. The van der Waals surface area contributed by atoms with Gasteiger partial charge in [-0.1, -0.05) is 51.1 Å². The van der Waals surface area contributed by atoms with Crippen LogP contribution in [0.2, 0.25) is 0 Å². The van der Waals surface area contributed by atoms with Crippen LogP contribution in [-0.2, 0) is 16.3 Å². The van der Waals surface area contributed by atoms with Crippen LogP contribution >= 0.6 is 0 Å². The molecule has 0 saturated carbocycles. The Morgan fingerprint density at radius 3 is 2.23 bits per heavy atom. The standard InChI is InChI=1S/C19H24N2O4S/c1-19(2,3)18(12-14-8-6-5-7-9-14)20-16-11-10-15(26(4,24)25)13-17(16)21(22)23/h5-11,13,18,20H,12H2,1-4H3. The Labute approximate surface area is 154 Å². The highest BCUT2D eigenvalue weighted by Gasteiger charge is 2.28. The van der Waals surface area contributed by atoms with Crippen molar-refractivity contribution in [2.75, 3.05) is 11.6 Å². The molecule has 6 nitrogen and oxygen atoms in total. The van der Waals surface area contributed by atoms with E-state index in [1.54, 1.807) is 0 Å². The number of sulfone groups is 1. The van der Waals surface area contributed by atoms with Crippen LogP contribution in [0.4, 0.5) is 11.4 Å². The van der Waals surface area contributed by atoms with Crippen LogP contribution in [0, 0.1) is 15.5 Å². The van der Waals surface area contributed by atoms with Crippen molar-refractivity contribution < 1.29 is 13.3 Å². The Bertz CT molecular complexity index is 888. The maximum Gasteiger partial charge on any atom is 0.293 e. The highest BCUT2D eigenvalue weighted by molar-refractivity contribution is 7.90. The molecule has 26 heavy (non-hydrogen) atoms. The van der Waals surface area contributed by atoms with Gasteiger partial charge < -0.3 is 5.32 Å². The van der Waals surface area contributed by atoms with E-state index < -0.39 is 14.8 Å². The van der Waals surface area contributed by atoms with Crippen LogP contribution in [0.3, 0.4) is 0 Å². The second-order valence-electron chi connectivity index (χ2n) is 7.46. The normalized spacial score (nSPS) is 13.2. The molecule has 140 valence electrons. The second-order valence-corrected chi connectivity index (χ2v) is 9.48. The predicted molar refractivity (Wildman–Crippen MR) is 103 cm³/mol. The first kappa shape index (κ1) is 19.9. The zero-order chi connectivity index (χ0) is 19.5. The first-order valence-corrected chi connectivity index (χ1v) is 10.2. The van der Waals surface area contributed by atoms with Gasteiger partial charge >= 0.3 is 0 Å². The first-order valence-electron chi connectivity index (χ1n) is 8.27. The number of nitrogens with one attached hydrogen (secondary N) is 1. The molecule has 0 amide bonds. The quantitative estimate of drug-likeness (QED) is 0.606. The summed E-state index contributed by atoms with van der Waals surface area (Å²) in [5.74, 6) is 0. The van der Waals surface area contributed by atoms with Crippen molar-refractivity contribution in [2.24, 2.45) is 5.41 Å². The number of anilines is 1. The highest BCUT2D eigenvalue weighted by atomic mass is 32.2. The molecule has 0 fully saturated rings. The zero-order valence-electron chi connectivity index (χ0n) is 15.4. The van der Waals surface area contributed by atoms with Gasteiger partial charge in [0.25, 0.3) is 5.69 Å². The minimum atomic E-state index is -3.51. The molecule has 0 aliphatic carbocycles. The van der Waals surface area contributed by atoms with Crippen LogP contribution in [-0.4, -0.2) is 25.6 Å². The number of nitro groups is 1. The van der Waals surface area contributed by atoms with E-state index in [0.717, 1.165) is 17.9 Å². The minimum Gasteiger partial charge on any atom is -0.376 e. The average Bonchev–Trinajstić information content (AvgIpc) is 2.53. The Morgan fingerprint density at radius 2 is 1.73 bits per heavy atom. The molecule has 0 aromatic heterocycles. The van der Waals surface area contributed by atoms with Crippen LogP contribution in [0.1, 0.15) is 26.3 Å². The fourth-order valence-electron chi connectivity index (χ4n) is 2.63. The molecule has 0 saturated heterocycles. The monoisotopic (exact) mass is 376 g/mol. The lowest BCUT2D eigenvalue weighted by Crippen LogP contribution is -2.36. The van der Waals surface area contributed by atoms with Gasteiger partial charge in [-0.2, -0.15) is 0 Å². The van der Waals surface area contributed by atoms with Gasteiger partial charge in [0.2, 0.25) is 0 Å². The average molecular weight is 376 g/mol. The van der Waals surface area contributed by atoms with Gasteiger partial charge in [-0.05, 0) is 29.5 Å². The molecule has 0 spiro atoms. The summed E-state index contributed by atoms with van der Waals surface area (Å²) in [5.41, 5.74) is 1.03. The molecule has 2 rings (SSSR count). The Hall–Kier alpha value is -2.41. The maximum atomic E-state index is 11.7. The summed E-state index contributed by atoms with van der Waals surface area (Å²) >= 11 is 0. The van der Waals surface area contributed by atoms with E-state index in [2.05, 4.69) is 26.1 Å². The highest BCUT2D eigenvalue weighted by Crippen LogP contribution is 2.32. The number of hydrogen-bond donors (Lipinski definition) is 1. The van der Waals surface area contributed by atoms with E-state index in [0.29, 0.717) is 12.1 Å². The molecule has 7 heteroatoms. The van der Waals surface area contributed by atoms with Crippen LogP contribution in [0.15, 0.2) is 53.4 Å². The molecule has 2 aromatic rings. The number of nitro benzene ring substituents is 1. The molecule has 1 unspecified atom stereocenters. The third-order valence-corrected chi connectivity index (χ3v) is 5.36. The molecule has 2 aromatic carbocycles. The van der Waals surface area contributed by atoms with Crippen LogP contribution in [0.25, 0.3) is 0 Å². The maximum absolute atomic E-state index is 11.7. The van der Waals surface area contributed by atoms with Crippen molar-refractivity contribution in [3.8, 4) is 0 Å². The van der Waals surface area contributed by atoms with E-state index in [4.69, 9.17) is 0 Å². The van der Waals surface area contributed by atoms with E-state index in [1.165, 1.54) is 12.1 Å². The lowest BCUT2D eigenvalue weighted by Gasteiger charge is -2.32. The zero-order valence-corrected chi connectivity index (χ0v) is 16.2. The summed E-state index contributed by atoms with van der Waals surface area (Å²) < 4.78 is 23.4. The van der Waals surface area contributed by atoms with Gasteiger partial charge in [-0.15, -0.1) is 0 Å². The molecule has 1 N–H and O–H groups in total. The van der Waals surface area contributed by atoms with Crippen molar-refractivity contribution in [1.82, 2.24) is 0 Å². The number of hydrogen-bond acceptors (Lipinski definition) is 5. The summed E-state index contributed by atoms with van der Waals surface area (Å²) in [4.78, 5) is 10.8. The Kier molecular flexibility index (Phi) is 5.71. The summed E-state index contributed by atoms with van der Waals surface area (Å²) in [6.07, 6.45) is 1.72. The third kappa shape index (κ3) is 5.05. The fraction of sp³-hybridized carbons (Fsp3) is 0.368. The van der Waals surface area contributed by atoms with Gasteiger partial charge in [0, 0.05) is 18.4 Å². The predicted octanol–water partition coefficient (Wildman–Crippen LogP) is 4.07. The van der Waals surface area contributed by atoms with Crippen LogP contribution < -0.4 is 5.32 Å². The molecule has 0 aliphatic rings. The smallest absolute Gasteiger partial charge is 0.293 e. The lowest BCUT2D eigenvalue weighted by molar-refractivity contribution is -0.384. The van der Waals surface area contributed by atoms with E-state index in [9.17, 15) is 18.5 Å². The Balaban J connectivity index is 2.40. The summed E-state index contributed by atoms with van der Waals surface area (Å²) in [6.45, 7) is 6.18. The summed E-state index contributed by atoms with van der Waals surface area (Å²) in [7, 11) is -3.51. The van der Waals surface area contributed by atoms with E-state index in [1.807, 2.05) is 30.3 Å². The molecular weight excluding hydrogens is 352 g/mol. The topological polar surface area (TPSA) is 89.3 Å².